The van der Waals surface area contributed by atoms with E-state index in [1.807, 2.05) is 37.6 Å². The summed E-state index contributed by atoms with van der Waals surface area (Å²) in [6.45, 7) is 1.53. The smallest absolute Gasteiger partial charge is 0.169 e. The quantitative estimate of drug-likeness (QED) is 0.512. The fraction of sp³-hybridized carbons (Fsp3) is 0.227. The zero-order valence-corrected chi connectivity index (χ0v) is 16.6. The van der Waals surface area contributed by atoms with Crippen LogP contribution < -0.4 is 10.6 Å². The molecule has 150 valence electrons. The van der Waals surface area contributed by atoms with Crippen LogP contribution in [0.25, 0.3) is 22.0 Å². The Bertz CT molecular complexity index is 1240. The van der Waals surface area contributed by atoms with Crippen LogP contribution in [0.3, 0.4) is 0 Å². The maximum Gasteiger partial charge on any atom is 0.169 e. The Morgan fingerprint density at radius 1 is 1.10 bits per heavy atom. The van der Waals surface area contributed by atoms with Crippen molar-refractivity contribution in [2.75, 3.05) is 18.0 Å². The first-order chi connectivity index (χ1) is 14.5. The molecule has 2 N–H and O–H groups in total. The van der Waals surface area contributed by atoms with Gasteiger partial charge in [-0.25, -0.2) is 4.98 Å². The van der Waals surface area contributed by atoms with Gasteiger partial charge in [-0.2, -0.15) is 5.10 Å². The molecule has 0 bridgehead atoms. The predicted molar refractivity (Wildman–Crippen MR) is 114 cm³/mol. The third-order valence-electron chi connectivity index (χ3n) is 5.31. The zero-order valence-electron chi connectivity index (χ0n) is 16.6. The number of carbonyl (C=O) groups excluding carboxylic acids is 1. The van der Waals surface area contributed by atoms with E-state index in [9.17, 15) is 4.79 Å². The van der Waals surface area contributed by atoms with Crippen molar-refractivity contribution < 1.29 is 4.79 Å². The van der Waals surface area contributed by atoms with Crippen LogP contribution in [-0.4, -0.2) is 49.6 Å². The van der Waals surface area contributed by atoms with Crippen LogP contribution in [-0.2, 0) is 13.5 Å². The summed E-state index contributed by atoms with van der Waals surface area (Å²) in [6, 6.07) is 7.73. The Kier molecular flexibility index (Phi) is 4.48. The van der Waals surface area contributed by atoms with Crippen molar-refractivity contribution >= 4 is 22.5 Å². The summed E-state index contributed by atoms with van der Waals surface area (Å²) < 4.78 is 1.76. The fourth-order valence-corrected chi connectivity index (χ4v) is 3.63. The highest BCUT2D eigenvalue weighted by Crippen LogP contribution is 2.23. The fourth-order valence-electron chi connectivity index (χ4n) is 3.63. The Hall–Kier alpha value is -3.65. The first kappa shape index (κ1) is 18.4. The van der Waals surface area contributed by atoms with Gasteiger partial charge >= 0.3 is 0 Å². The molecule has 8 nitrogen and oxygen atoms in total. The first-order valence-electron chi connectivity index (χ1n) is 9.78. The molecule has 0 aromatic carbocycles. The molecule has 1 saturated heterocycles. The lowest BCUT2D eigenvalue weighted by molar-refractivity contribution is 0.0992. The van der Waals surface area contributed by atoms with Gasteiger partial charge in [0.25, 0.3) is 0 Å². The van der Waals surface area contributed by atoms with Crippen molar-refractivity contribution in [3.05, 3.63) is 66.5 Å². The molecule has 0 saturated carbocycles. The van der Waals surface area contributed by atoms with Gasteiger partial charge < -0.3 is 10.6 Å². The SMILES string of the molecule is Cn1cc(-c2cnc3cnc(CC(=O)c4ccnc(N5CC(N)C5)c4)cc3c2)cn1. The lowest BCUT2D eigenvalue weighted by atomic mass is 10.0. The van der Waals surface area contributed by atoms with E-state index in [0.29, 0.717) is 11.3 Å². The summed E-state index contributed by atoms with van der Waals surface area (Å²) in [7, 11) is 1.88. The van der Waals surface area contributed by atoms with Gasteiger partial charge in [-0.1, -0.05) is 0 Å². The minimum absolute atomic E-state index is 0.00620. The van der Waals surface area contributed by atoms with Crippen LogP contribution in [0.15, 0.2) is 55.2 Å². The Labute approximate surface area is 173 Å². The number of ketones is 1. The average Bonchev–Trinajstić information content (AvgIpc) is 3.17. The molecule has 8 heteroatoms. The molecule has 5 heterocycles. The van der Waals surface area contributed by atoms with Gasteiger partial charge in [0.15, 0.2) is 5.78 Å². The number of hydrogen-bond acceptors (Lipinski definition) is 7. The molecule has 0 atom stereocenters. The van der Waals surface area contributed by atoms with Crippen LogP contribution >= 0.6 is 0 Å². The van der Waals surface area contributed by atoms with Crippen molar-refractivity contribution in [3.8, 4) is 11.1 Å². The van der Waals surface area contributed by atoms with E-state index in [1.165, 1.54) is 0 Å². The van der Waals surface area contributed by atoms with Gasteiger partial charge in [0.05, 0.1) is 24.3 Å². The number of pyridine rings is 3. The second-order valence-electron chi connectivity index (χ2n) is 7.66. The average molecular weight is 399 g/mol. The van der Waals surface area contributed by atoms with Crippen LogP contribution in [0.4, 0.5) is 5.82 Å². The van der Waals surface area contributed by atoms with E-state index in [-0.39, 0.29) is 18.2 Å². The molecule has 0 spiro atoms. The summed E-state index contributed by atoms with van der Waals surface area (Å²) >= 11 is 0. The molecule has 5 rings (SSSR count). The lowest BCUT2D eigenvalue weighted by Crippen LogP contribution is -2.56. The van der Waals surface area contributed by atoms with Gasteiger partial charge in [-0.05, 0) is 24.3 Å². The lowest BCUT2D eigenvalue weighted by Gasteiger charge is -2.37. The highest BCUT2D eigenvalue weighted by molar-refractivity contribution is 5.98. The van der Waals surface area contributed by atoms with Crippen molar-refractivity contribution in [1.82, 2.24) is 24.7 Å². The Morgan fingerprint density at radius 3 is 2.73 bits per heavy atom. The molecule has 4 aromatic rings. The summed E-state index contributed by atoms with van der Waals surface area (Å²) in [5, 5.41) is 5.16. The van der Waals surface area contributed by atoms with Gasteiger partial charge in [0, 0.05) is 72.5 Å². The highest BCUT2D eigenvalue weighted by Gasteiger charge is 2.24. The Morgan fingerprint density at radius 2 is 1.97 bits per heavy atom. The largest absolute Gasteiger partial charge is 0.353 e. The van der Waals surface area contributed by atoms with E-state index >= 15 is 0 Å². The van der Waals surface area contributed by atoms with Gasteiger partial charge in [0.2, 0.25) is 0 Å². The molecular formula is C22H21N7O. The van der Waals surface area contributed by atoms with E-state index in [2.05, 4.69) is 25.0 Å². The minimum atomic E-state index is 0.00620. The van der Waals surface area contributed by atoms with Gasteiger partial charge in [-0.3, -0.25) is 19.4 Å². The minimum Gasteiger partial charge on any atom is -0.353 e. The normalized spacial score (nSPS) is 14.1. The monoisotopic (exact) mass is 399 g/mol. The van der Waals surface area contributed by atoms with E-state index in [1.54, 1.807) is 29.3 Å². The molecule has 0 unspecified atom stereocenters. The molecule has 0 aliphatic carbocycles. The number of carbonyl (C=O) groups is 1. The number of hydrogen-bond donors (Lipinski definition) is 1. The highest BCUT2D eigenvalue weighted by atomic mass is 16.1. The number of fused-ring (bicyclic) bond motifs is 1. The number of nitrogens with zero attached hydrogens (tertiary/aromatic N) is 6. The number of rotatable bonds is 5. The van der Waals surface area contributed by atoms with Gasteiger partial charge in [0.1, 0.15) is 5.82 Å². The van der Waals surface area contributed by atoms with Crippen molar-refractivity contribution in [1.29, 1.82) is 0 Å². The molecule has 0 amide bonds. The Balaban J connectivity index is 1.38. The molecule has 1 aliphatic rings. The first-order valence-corrected chi connectivity index (χ1v) is 9.78. The molecule has 1 aliphatic heterocycles. The summed E-state index contributed by atoms with van der Waals surface area (Å²) in [5.41, 5.74) is 9.95. The molecule has 1 fully saturated rings. The number of anilines is 1. The number of nitrogens with two attached hydrogens (primary N) is 1. The maximum atomic E-state index is 12.8. The second kappa shape index (κ2) is 7.31. The molecule has 30 heavy (non-hydrogen) atoms. The van der Waals surface area contributed by atoms with Crippen molar-refractivity contribution in [2.45, 2.75) is 12.5 Å². The standard InChI is InChI=1S/C22H21N7O/c1-28-11-17(9-27-28)16-4-15-5-19(25-10-20(15)26-8-16)7-21(30)14-2-3-24-22(6-14)29-12-18(23)13-29/h2-6,8-11,18H,7,12-13,23H2,1H3. The summed E-state index contributed by atoms with van der Waals surface area (Å²) in [5.74, 6) is 0.797. The van der Waals surface area contributed by atoms with Crippen molar-refractivity contribution in [2.24, 2.45) is 12.8 Å². The van der Waals surface area contributed by atoms with E-state index in [0.717, 1.165) is 40.9 Å². The van der Waals surface area contributed by atoms with Crippen LogP contribution in [0.2, 0.25) is 0 Å². The van der Waals surface area contributed by atoms with Crippen LogP contribution in [0.5, 0.6) is 0 Å². The molecular weight excluding hydrogens is 378 g/mol. The number of aryl methyl sites for hydroxylation is 1. The van der Waals surface area contributed by atoms with E-state index in [4.69, 9.17) is 5.73 Å². The zero-order chi connectivity index (χ0) is 20.7. The third kappa shape index (κ3) is 3.53. The summed E-state index contributed by atoms with van der Waals surface area (Å²) in [4.78, 5) is 28.2. The number of Topliss-reactive ketones (excluding diaryl/α,β-unsaturated/α-hetero) is 1. The van der Waals surface area contributed by atoms with E-state index < -0.39 is 0 Å². The predicted octanol–water partition coefficient (Wildman–Crippen LogP) is 2.00. The maximum absolute atomic E-state index is 12.8. The number of aromatic nitrogens is 5. The van der Waals surface area contributed by atoms with Crippen LogP contribution in [0.1, 0.15) is 16.1 Å². The third-order valence-corrected chi connectivity index (χ3v) is 5.31. The second-order valence-corrected chi connectivity index (χ2v) is 7.66. The summed E-state index contributed by atoms with van der Waals surface area (Å²) in [6.07, 6.45) is 9.16. The van der Waals surface area contributed by atoms with Crippen LogP contribution in [0, 0.1) is 0 Å². The molecule has 0 radical (unpaired) electrons. The topological polar surface area (TPSA) is 103 Å². The molecule has 4 aromatic heterocycles. The van der Waals surface area contributed by atoms with Crippen molar-refractivity contribution in [3.63, 3.8) is 0 Å². The van der Waals surface area contributed by atoms with Gasteiger partial charge in [-0.15, -0.1) is 0 Å².